The van der Waals surface area contributed by atoms with Gasteiger partial charge in [-0.15, -0.1) is 0 Å². The van der Waals surface area contributed by atoms with Gasteiger partial charge in [0.05, 0.1) is 25.6 Å². The molecule has 6 nitrogen and oxygen atoms in total. The minimum Gasteiger partial charge on any atom is -0.497 e. The van der Waals surface area contributed by atoms with E-state index in [0.29, 0.717) is 19.5 Å². The van der Waals surface area contributed by atoms with Gasteiger partial charge >= 0.3 is 0 Å². The van der Waals surface area contributed by atoms with Crippen LogP contribution in [0, 0.1) is 11.8 Å². The van der Waals surface area contributed by atoms with Crippen molar-refractivity contribution in [2.75, 3.05) is 40.0 Å². The summed E-state index contributed by atoms with van der Waals surface area (Å²) in [5.74, 6) is 0.669. The second kappa shape index (κ2) is 7.82. The SMILES string of the molecule is COc1ccc(CN2CCN(CN3C(=O)[C@@H]4CC=CC[C@H]4C3=O)CC2)cc1. The number of hydrogen-bond acceptors (Lipinski definition) is 5. The number of imide groups is 1. The van der Waals surface area contributed by atoms with Crippen LogP contribution in [0.15, 0.2) is 36.4 Å². The Balaban J connectivity index is 1.28. The number of rotatable bonds is 5. The molecule has 0 spiro atoms. The van der Waals surface area contributed by atoms with Gasteiger partial charge in [0.15, 0.2) is 0 Å². The number of fused-ring (bicyclic) bond motifs is 1. The lowest BCUT2D eigenvalue weighted by atomic mass is 9.85. The molecule has 1 aromatic carbocycles. The van der Waals surface area contributed by atoms with Crippen LogP contribution < -0.4 is 4.74 Å². The molecular formula is C21H27N3O3. The fourth-order valence-corrected chi connectivity index (χ4v) is 4.29. The monoisotopic (exact) mass is 369 g/mol. The fraction of sp³-hybridized carbons (Fsp3) is 0.524. The molecule has 2 saturated heterocycles. The Kier molecular flexibility index (Phi) is 5.27. The van der Waals surface area contributed by atoms with Gasteiger partial charge in [0.2, 0.25) is 11.8 Å². The van der Waals surface area contributed by atoms with Gasteiger partial charge in [0.25, 0.3) is 0 Å². The molecule has 2 aliphatic heterocycles. The highest BCUT2D eigenvalue weighted by Gasteiger charge is 2.47. The summed E-state index contributed by atoms with van der Waals surface area (Å²) >= 11 is 0. The topological polar surface area (TPSA) is 53.1 Å². The number of ether oxygens (including phenoxy) is 1. The molecule has 0 N–H and O–H groups in total. The molecule has 2 atom stereocenters. The van der Waals surface area contributed by atoms with E-state index >= 15 is 0 Å². The minimum absolute atomic E-state index is 0.0232. The maximum absolute atomic E-state index is 12.6. The van der Waals surface area contributed by atoms with Crippen LogP contribution in [0.25, 0.3) is 0 Å². The number of carbonyl (C=O) groups excluding carboxylic acids is 2. The van der Waals surface area contributed by atoms with Crippen molar-refractivity contribution in [2.45, 2.75) is 19.4 Å². The van der Waals surface area contributed by atoms with Gasteiger partial charge in [-0.05, 0) is 30.5 Å². The van der Waals surface area contributed by atoms with Crippen LogP contribution in [-0.2, 0) is 16.1 Å². The molecule has 2 fully saturated rings. The van der Waals surface area contributed by atoms with Gasteiger partial charge in [0, 0.05) is 32.7 Å². The molecule has 0 unspecified atom stereocenters. The van der Waals surface area contributed by atoms with Crippen LogP contribution >= 0.6 is 0 Å². The van der Waals surface area contributed by atoms with Crippen molar-refractivity contribution < 1.29 is 14.3 Å². The first-order valence-corrected chi connectivity index (χ1v) is 9.73. The lowest BCUT2D eigenvalue weighted by molar-refractivity contribution is -0.142. The zero-order valence-electron chi connectivity index (χ0n) is 15.8. The Bertz CT molecular complexity index is 697. The summed E-state index contributed by atoms with van der Waals surface area (Å²) in [7, 11) is 1.68. The normalized spacial score (nSPS) is 26.5. The summed E-state index contributed by atoms with van der Waals surface area (Å²) in [6.07, 6.45) is 5.49. The fourth-order valence-electron chi connectivity index (χ4n) is 4.29. The van der Waals surface area contributed by atoms with E-state index in [4.69, 9.17) is 4.74 Å². The summed E-state index contributed by atoms with van der Waals surface area (Å²) in [5.41, 5.74) is 1.27. The predicted octanol–water partition coefficient (Wildman–Crippen LogP) is 1.72. The van der Waals surface area contributed by atoms with Gasteiger partial charge < -0.3 is 4.74 Å². The number of piperazine rings is 1. The Morgan fingerprint density at radius 2 is 1.44 bits per heavy atom. The molecule has 0 aromatic heterocycles. The highest BCUT2D eigenvalue weighted by molar-refractivity contribution is 6.05. The number of benzene rings is 1. The third-order valence-electron chi connectivity index (χ3n) is 5.97. The number of amides is 2. The maximum atomic E-state index is 12.6. The molecule has 4 rings (SSSR count). The lowest BCUT2D eigenvalue weighted by Gasteiger charge is -2.36. The standard InChI is InChI=1S/C21H27N3O3/c1-27-17-8-6-16(7-9-17)14-22-10-12-23(13-11-22)15-24-20(25)18-4-2-3-5-19(18)21(24)26/h2-3,6-9,18-19H,4-5,10-15H2,1H3/t18-,19-/m1/s1. The molecule has 0 bridgehead atoms. The molecule has 144 valence electrons. The van der Waals surface area contributed by atoms with E-state index in [9.17, 15) is 9.59 Å². The van der Waals surface area contributed by atoms with Crippen LogP contribution in [0.2, 0.25) is 0 Å². The molecule has 6 heteroatoms. The summed E-state index contributed by atoms with van der Waals surface area (Å²) in [4.78, 5) is 31.4. The zero-order valence-corrected chi connectivity index (χ0v) is 15.8. The first kappa shape index (κ1) is 18.2. The number of carbonyl (C=O) groups is 2. The number of methoxy groups -OCH3 is 1. The quantitative estimate of drug-likeness (QED) is 0.584. The minimum atomic E-state index is -0.126. The first-order valence-electron chi connectivity index (χ1n) is 9.73. The smallest absolute Gasteiger partial charge is 0.234 e. The molecule has 0 saturated carbocycles. The van der Waals surface area contributed by atoms with Gasteiger partial charge in [-0.3, -0.25) is 24.3 Å². The number of hydrogen-bond donors (Lipinski definition) is 0. The van der Waals surface area contributed by atoms with Crippen molar-refractivity contribution in [1.82, 2.24) is 14.7 Å². The molecule has 2 amide bonds. The molecule has 1 aromatic rings. The number of nitrogens with zero attached hydrogens (tertiary/aromatic N) is 3. The van der Waals surface area contributed by atoms with E-state index < -0.39 is 0 Å². The number of likely N-dealkylation sites (tertiary alicyclic amines) is 1. The maximum Gasteiger partial charge on any atom is 0.234 e. The Labute approximate surface area is 160 Å². The van der Waals surface area contributed by atoms with E-state index in [-0.39, 0.29) is 23.7 Å². The first-order chi connectivity index (χ1) is 13.2. The van der Waals surface area contributed by atoms with Gasteiger partial charge in [-0.2, -0.15) is 0 Å². The highest BCUT2D eigenvalue weighted by Crippen LogP contribution is 2.35. The zero-order chi connectivity index (χ0) is 18.8. The third kappa shape index (κ3) is 3.77. The van der Waals surface area contributed by atoms with Crippen LogP contribution in [-0.4, -0.2) is 66.5 Å². The molecule has 0 radical (unpaired) electrons. The van der Waals surface area contributed by atoms with Gasteiger partial charge in [0.1, 0.15) is 5.75 Å². The second-order valence-corrected chi connectivity index (χ2v) is 7.64. The van der Waals surface area contributed by atoms with E-state index in [1.165, 1.54) is 10.5 Å². The van der Waals surface area contributed by atoms with E-state index in [0.717, 1.165) is 38.5 Å². The number of allylic oxidation sites excluding steroid dienone is 2. The average molecular weight is 369 g/mol. The lowest BCUT2D eigenvalue weighted by Crippen LogP contribution is -2.51. The van der Waals surface area contributed by atoms with Crippen LogP contribution in [0.3, 0.4) is 0 Å². The Hall–Kier alpha value is -2.18. The van der Waals surface area contributed by atoms with Crippen molar-refractivity contribution in [3.63, 3.8) is 0 Å². The van der Waals surface area contributed by atoms with Gasteiger partial charge in [-0.1, -0.05) is 24.3 Å². The van der Waals surface area contributed by atoms with Crippen molar-refractivity contribution in [3.05, 3.63) is 42.0 Å². The van der Waals surface area contributed by atoms with Crippen LogP contribution in [0.5, 0.6) is 5.75 Å². The predicted molar refractivity (Wildman–Crippen MR) is 102 cm³/mol. The van der Waals surface area contributed by atoms with Crippen molar-refractivity contribution >= 4 is 11.8 Å². The van der Waals surface area contributed by atoms with E-state index in [2.05, 4.69) is 21.9 Å². The molecule has 3 aliphatic rings. The Morgan fingerprint density at radius 1 is 0.889 bits per heavy atom. The van der Waals surface area contributed by atoms with Crippen molar-refractivity contribution in [1.29, 1.82) is 0 Å². The molecule has 2 heterocycles. The van der Waals surface area contributed by atoms with E-state index in [1.807, 2.05) is 24.3 Å². The summed E-state index contributed by atoms with van der Waals surface area (Å²) in [6, 6.07) is 8.18. The average Bonchev–Trinajstić information content (AvgIpc) is 2.95. The van der Waals surface area contributed by atoms with Gasteiger partial charge in [-0.25, -0.2) is 0 Å². The largest absolute Gasteiger partial charge is 0.497 e. The highest BCUT2D eigenvalue weighted by atomic mass is 16.5. The third-order valence-corrected chi connectivity index (χ3v) is 5.97. The van der Waals surface area contributed by atoms with E-state index in [1.54, 1.807) is 7.11 Å². The summed E-state index contributed by atoms with van der Waals surface area (Å²) in [5, 5.41) is 0. The Morgan fingerprint density at radius 3 is 2.00 bits per heavy atom. The molecule has 1 aliphatic carbocycles. The van der Waals surface area contributed by atoms with Crippen LogP contribution in [0.4, 0.5) is 0 Å². The summed E-state index contributed by atoms with van der Waals surface area (Å²) < 4.78 is 5.21. The van der Waals surface area contributed by atoms with Crippen molar-refractivity contribution in [3.8, 4) is 5.75 Å². The molecule has 27 heavy (non-hydrogen) atoms. The van der Waals surface area contributed by atoms with Crippen LogP contribution in [0.1, 0.15) is 18.4 Å². The molecular weight excluding hydrogens is 342 g/mol. The second-order valence-electron chi connectivity index (χ2n) is 7.64. The van der Waals surface area contributed by atoms with Crippen molar-refractivity contribution in [2.24, 2.45) is 11.8 Å². The summed E-state index contributed by atoms with van der Waals surface area (Å²) in [6.45, 7) is 4.99.